The zero-order valence-electron chi connectivity index (χ0n) is 10.5. The van der Waals surface area contributed by atoms with E-state index in [1.165, 1.54) is 12.8 Å². The predicted molar refractivity (Wildman–Crippen MR) is 71.7 cm³/mol. The first-order valence-electron chi connectivity index (χ1n) is 6.37. The number of ether oxygens (including phenoxy) is 1. The number of halogens is 1. The van der Waals surface area contributed by atoms with Gasteiger partial charge in [0, 0.05) is 23.2 Å². The van der Waals surface area contributed by atoms with E-state index in [1.54, 1.807) is 0 Å². The summed E-state index contributed by atoms with van der Waals surface area (Å²) in [6, 6.07) is 6.55. The van der Waals surface area contributed by atoms with Gasteiger partial charge in [-0.1, -0.05) is 18.5 Å². The molecule has 0 aromatic heterocycles. The second-order valence-electron chi connectivity index (χ2n) is 4.74. The van der Waals surface area contributed by atoms with Crippen molar-refractivity contribution in [2.24, 2.45) is 0 Å². The first-order chi connectivity index (χ1) is 8.19. The summed E-state index contributed by atoms with van der Waals surface area (Å²) < 4.78 is 5.90. The predicted octanol–water partition coefficient (Wildman–Crippen LogP) is 3.77. The van der Waals surface area contributed by atoms with Crippen molar-refractivity contribution >= 4 is 11.6 Å². The Morgan fingerprint density at radius 2 is 2.24 bits per heavy atom. The van der Waals surface area contributed by atoms with Gasteiger partial charge in [-0.05, 0) is 44.4 Å². The molecule has 1 aliphatic carbocycles. The van der Waals surface area contributed by atoms with E-state index in [0.29, 0.717) is 6.04 Å². The smallest absolute Gasteiger partial charge is 0.124 e. The van der Waals surface area contributed by atoms with Crippen LogP contribution in [0.25, 0.3) is 0 Å². The molecule has 1 aromatic rings. The van der Waals surface area contributed by atoms with Crippen molar-refractivity contribution in [2.45, 2.75) is 51.8 Å². The maximum atomic E-state index is 6.03. The molecular formula is C14H20ClNO. The molecule has 0 aliphatic heterocycles. The number of hydrogen-bond donors (Lipinski definition) is 1. The minimum absolute atomic E-state index is 0.246. The third-order valence-corrected chi connectivity index (χ3v) is 3.32. The van der Waals surface area contributed by atoms with Crippen molar-refractivity contribution < 1.29 is 4.74 Å². The summed E-state index contributed by atoms with van der Waals surface area (Å²) in [5.74, 6) is 0.955. The Bertz CT molecular complexity index is 376. The van der Waals surface area contributed by atoms with E-state index >= 15 is 0 Å². The summed E-state index contributed by atoms with van der Waals surface area (Å²) in [6.07, 6.45) is 3.85. The SMILES string of the molecule is CCC(C)Oc1ccc(Cl)cc1CNC1CC1. The van der Waals surface area contributed by atoms with Gasteiger partial charge < -0.3 is 10.1 Å². The van der Waals surface area contributed by atoms with Crippen LogP contribution in [-0.4, -0.2) is 12.1 Å². The number of nitrogens with one attached hydrogen (secondary N) is 1. The Hall–Kier alpha value is -0.730. The van der Waals surface area contributed by atoms with Crippen LogP contribution in [0.3, 0.4) is 0 Å². The number of rotatable bonds is 6. The quantitative estimate of drug-likeness (QED) is 0.833. The van der Waals surface area contributed by atoms with E-state index in [1.807, 2.05) is 18.2 Å². The molecule has 0 bridgehead atoms. The molecule has 0 radical (unpaired) electrons. The molecule has 1 saturated carbocycles. The fourth-order valence-corrected chi connectivity index (χ4v) is 1.84. The van der Waals surface area contributed by atoms with Gasteiger partial charge in [-0.3, -0.25) is 0 Å². The Morgan fingerprint density at radius 1 is 1.47 bits per heavy atom. The van der Waals surface area contributed by atoms with Crippen molar-refractivity contribution in [3.8, 4) is 5.75 Å². The van der Waals surface area contributed by atoms with Crippen LogP contribution in [0.15, 0.2) is 18.2 Å². The van der Waals surface area contributed by atoms with Gasteiger partial charge in [-0.2, -0.15) is 0 Å². The molecule has 3 heteroatoms. The molecule has 1 unspecified atom stereocenters. The molecule has 1 aromatic carbocycles. The highest BCUT2D eigenvalue weighted by molar-refractivity contribution is 6.30. The lowest BCUT2D eigenvalue weighted by molar-refractivity contribution is 0.215. The van der Waals surface area contributed by atoms with Gasteiger partial charge in [0.25, 0.3) is 0 Å². The largest absolute Gasteiger partial charge is 0.490 e. The summed E-state index contributed by atoms with van der Waals surface area (Å²) in [6.45, 7) is 5.06. The van der Waals surface area contributed by atoms with Crippen LogP contribution >= 0.6 is 11.6 Å². The fraction of sp³-hybridized carbons (Fsp3) is 0.571. The molecule has 0 heterocycles. The van der Waals surface area contributed by atoms with Crippen molar-refractivity contribution in [2.75, 3.05) is 0 Å². The third kappa shape index (κ3) is 3.90. The number of benzene rings is 1. The zero-order valence-corrected chi connectivity index (χ0v) is 11.3. The van der Waals surface area contributed by atoms with Crippen LogP contribution in [0.4, 0.5) is 0 Å². The van der Waals surface area contributed by atoms with Gasteiger partial charge in [0.2, 0.25) is 0 Å². The Morgan fingerprint density at radius 3 is 2.88 bits per heavy atom. The van der Waals surface area contributed by atoms with E-state index in [4.69, 9.17) is 16.3 Å². The average molecular weight is 254 g/mol. The van der Waals surface area contributed by atoms with E-state index in [0.717, 1.165) is 29.3 Å². The Labute approximate surface area is 108 Å². The van der Waals surface area contributed by atoms with Crippen molar-refractivity contribution in [3.63, 3.8) is 0 Å². The summed E-state index contributed by atoms with van der Waals surface area (Å²) >= 11 is 6.03. The van der Waals surface area contributed by atoms with Crippen molar-refractivity contribution in [1.29, 1.82) is 0 Å². The van der Waals surface area contributed by atoms with Gasteiger partial charge in [-0.25, -0.2) is 0 Å². The summed E-state index contributed by atoms with van der Waals surface area (Å²) in [4.78, 5) is 0. The van der Waals surface area contributed by atoms with Gasteiger partial charge in [0.1, 0.15) is 5.75 Å². The van der Waals surface area contributed by atoms with E-state index in [2.05, 4.69) is 19.2 Å². The first-order valence-corrected chi connectivity index (χ1v) is 6.75. The van der Waals surface area contributed by atoms with Gasteiger partial charge >= 0.3 is 0 Å². The molecular weight excluding hydrogens is 234 g/mol. The molecule has 0 spiro atoms. The lowest BCUT2D eigenvalue weighted by Gasteiger charge is -2.16. The van der Waals surface area contributed by atoms with Crippen molar-refractivity contribution in [1.82, 2.24) is 5.32 Å². The van der Waals surface area contributed by atoms with Gasteiger partial charge in [-0.15, -0.1) is 0 Å². The summed E-state index contributed by atoms with van der Waals surface area (Å²) in [5, 5.41) is 4.27. The highest BCUT2D eigenvalue weighted by atomic mass is 35.5. The maximum absolute atomic E-state index is 6.03. The Balaban J connectivity index is 2.05. The Kier molecular flexibility index (Phi) is 4.30. The van der Waals surface area contributed by atoms with E-state index in [-0.39, 0.29) is 6.10 Å². The molecule has 1 N–H and O–H groups in total. The topological polar surface area (TPSA) is 21.3 Å². The highest BCUT2D eigenvalue weighted by Gasteiger charge is 2.20. The number of hydrogen-bond acceptors (Lipinski definition) is 2. The molecule has 2 nitrogen and oxygen atoms in total. The fourth-order valence-electron chi connectivity index (χ4n) is 1.64. The average Bonchev–Trinajstić information content (AvgIpc) is 3.13. The first kappa shape index (κ1) is 12.7. The van der Waals surface area contributed by atoms with Crippen LogP contribution in [0.5, 0.6) is 5.75 Å². The van der Waals surface area contributed by atoms with Crippen LogP contribution in [0.2, 0.25) is 5.02 Å². The van der Waals surface area contributed by atoms with E-state index in [9.17, 15) is 0 Å². The lowest BCUT2D eigenvalue weighted by atomic mass is 10.2. The second-order valence-corrected chi connectivity index (χ2v) is 5.18. The van der Waals surface area contributed by atoms with Crippen molar-refractivity contribution in [3.05, 3.63) is 28.8 Å². The normalized spacial score (nSPS) is 16.9. The zero-order chi connectivity index (χ0) is 12.3. The molecule has 1 fully saturated rings. The minimum Gasteiger partial charge on any atom is -0.490 e. The standard InChI is InChI=1S/C14H20ClNO/c1-3-10(2)17-14-7-4-12(15)8-11(14)9-16-13-5-6-13/h4,7-8,10,13,16H,3,5-6,9H2,1-2H3. The molecule has 94 valence electrons. The van der Waals surface area contributed by atoms with Gasteiger partial charge in [0.05, 0.1) is 6.10 Å². The third-order valence-electron chi connectivity index (χ3n) is 3.08. The second kappa shape index (κ2) is 5.74. The van der Waals surface area contributed by atoms with Crippen LogP contribution in [0.1, 0.15) is 38.7 Å². The van der Waals surface area contributed by atoms with Crippen LogP contribution in [0, 0.1) is 0 Å². The molecule has 0 amide bonds. The maximum Gasteiger partial charge on any atom is 0.124 e. The molecule has 17 heavy (non-hydrogen) atoms. The summed E-state index contributed by atoms with van der Waals surface area (Å²) in [5.41, 5.74) is 1.16. The van der Waals surface area contributed by atoms with Crippen LogP contribution < -0.4 is 10.1 Å². The lowest BCUT2D eigenvalue weighted by Crippen LogP contribution is -2.17. The highest BCUT2D eigenvalue weighted by Crippen LogP contribution is 2.26. The molecule has 2 rings (SSSR count). The molecule has 1 aliphatic rings. The minimum atomic E-state index is 0.246. The monoisotopic (exact) mass is 253 g/mol. The molecule has 1 atom stereocenters. The van der Waals surface area contributed by atoms with Crippen LogP contribution in [-0.2, 0) is 6.54 Å². The van der Waals surface area contributed by atoms with Gasteiger partial charge in [0.15, 0.2) is 0 Å². The molecule has 0 saturated heterocycles. The summed E-state index contributed by atoms with van der Waals surface area (Å²) in [7, 11) is 0. The van der Waals surface area contributed by atoms with E-state index < -0.39 is 0 Å².